The summed E-state index contributed by atoms with van der Waals surface area (Å²) in [6.07, 6.45) is 1.92. The fourth-order valence-corrected chi connectivity index (χ4v) is 4.51. The molecule has 0 N–H and O–H groups in total. The number of para-hydroxylation sites is 1. The maximum atomic E-state index is 13.0. The second kappa shape index (κ2) is 6.59. The normalized spacial score (nSPS) is 21.5. The highest BCUT2D eigenvalue weighted by Gasteiger charge is 2.35. The van der Waals surface area contributed by atoms with E-state index < -0.39 is 0 Å². The fraction of sp³-hybridized carbons (Fsp3) is 0.500. The number of amides is 1. The lowest BCUT2D eigenvalue weighted by Gasteiger charge is -2.32. The third kappa shape index (κ3) is 2.83. The van der Waals surface area contributed by atoms with Crippen molar-refractivity contribution < 1.29 is 4.79 Å². The molecule has 1 aromatic heterocycles. The van der Waals surface area contributed by atoms with Gasteiger partial charge in [-0.2, -0.15) is 11.8 Å². The number of rotatable bonds is 2. The molecule has 1 aromatic carbocycles. The predicted molar refractivity (Wildman–Crippen MR) is 98.5 cm³/mol. The molecule has 1 atom stereocenters. The lowest BCUT2D eigenvalue weighted by atomic mass is 10.2. The Morgan fingerprint density at radius 3 is 2.79 bits per heavy atom. The molecule has 2 fully saturated rings. The maximum absolute atomic E-state index is 13.0. The van der Waals surface area contributed by atoms with E-state index in [0.717, 1.165) is 60.6 Å². The molecule has 0 spiro atoms. The van der Waals surface area contributed by atoms with E-state index in [1.165, 1.54) is 0 Å². The van der Waals surface area contributed by atoms with Crippen LogP contribution in [0, 0.1) is 6.92 Å². The summed E-state index contributed by atoms with van der Waals surface area (Å²) in [4.78, 5) is 26.5. The Morgan fingerprint density at radius 2 is 1.96 bits per heavy atom. The van der Waals surface area contributed by atoms with Gasteiger partial charge in [-0.15, -0.1) is 0 Å². The first kappa shape index (κ1) is 15.7. The molecular weight excluding hydrogens is 320 g/mol. The van der Waals surface area contributed by atoms with Gasteiger partial charge in [0.05, 0.1) is 11.2 Å². The summed E-state index contributed by atoms with van der Waals surface area (Å²) in [5.74, 6) is 3.05. The van der Waals surface area contributed by atoms with E-state index in [4.69, 9.17) is 9.97 Å². The SMILES string of the molecule is Cc1nc(N2CCCC2C(=O)N2CCSCC2)nc2ccccc12. The zero-order chi connectivity index (χ0) is 16.5. The number of thioether (sulfide) groups is 1. The Hall–Kier alpha value is -1.82. The third-order valence-corrected chi connectivity index (χ3v) is 5.84. The monoisotopic (exact) mass is 342 g/mol. The van der Waals surface area contributed by atoms with Crippen molar-refractivity contribution in [3.8, 4) is 0 Å². The number of hydrogen-bond acceptors (Lipinski definition) is 5. The van der Waals surface area contributed by atoms with E-state index in [9.17, 15) is 4.79 Å². The van der Waals surface area contributed by atoms with Crippen molar-refractivity contribution in [2.24, 2.45) is 0 Å². The summed E-state index contributed by atoms with van der Waals surface area (Å²) < 4.78 is 0. The molecule has 0 aliphatic carbocycles. The van der Waals surface area contributed by atoms with Crippen LogP contribution in [-0.4, -0.2) is 58.0 Å². The van der Waals surface area contributed by atoms with E-state index in [-0.39, 0.29) is 11.9 Å². The van der Waals surface area contributed by atoms with Gasteiger partial charge in [-0.25, -0.2) is 9.97 Å². The molecule has 126 valence electrons. The van der Waals surface area contributed by atoms with Crippen LogP contribution in [0.1, 0.15) is 18.5 Å². The zero-order valence-corrected chi connectivity index (χ0v) is 14.8. The fourth-order valence-electron chi connectivity index (χ4n) is 3.61. The van der Waals surface area contributed by atoms with Gasteiger partial charge >= 0.3 is 0 Å². The predicted octanol–water partition coefficient (Wildman–Crippen LogP) is 2.48. The van der Waals surface area contributed by atoms with Crippen LogP contribution in [0.4, 0.5) is 5.95 Å². The van der Waals surface area contributed by atoms with Crippen molar-refractivity contribution in [2.45, 2.75) is 25.8 Å². The molecule has 2 aliphatic rings. The standard InChI is InChI=1S/C18H22N4OS/c1-13-14-5-2-3-6-15(14)20-18(19-13)22-8-4-7-16(22)17(23)21-9-11-24-12-10-21/h2-3,5-6,16H,4,7-12H2,1H3. The first-order valence-electron chi connectivity index (χ1n) is 8.60. The van der Waals surface area contributed by atoms with Crippen LogP contribution in [0.15, 0.2) is 24.3 Å². The minimum atomic E-state index is -0.103. The van der Waals surface area contributed by atoms with Gasteiger partial charge in [-0.1, -0.05) is 18.2 Å². The summed E-state index contributed by atoms with van der Waals surface area (Å²) >= 11 is 1.93. The van der Waals surface area contributed by atoms with E-state index in [0.29, 0.717) is 5.95 Å². The Morgan fingerprint density at radius 1 is 1.17 bits per heavy atom. The molecule has 2 aromatic rings. The van der Waals surface area contributed by atoms with Crippen LogP contribution in [0.5, 0.6) is 0 Å². The van der Waals surface area contributed by atoms with E-state index >= 15 is 0 Å². The number of aryl methyl sites for hydroxylation is 1. The van der Waals surface area contributed by atoms with Crippen LogP contribution < -0.4 is 4.90 Å². The van der Waals surface area contributed by atoms with Crippen molar-refractivity contribution in [1.82, 2.24) is 14.9 Å². The van der Waals surface area contributed by atoms with E-state index in [1.54, 1.807) is 0 Å². The molecule has 6 heteroatoms. The number of carbonyl (C=O) groups excluding carboxylic acids is 1. The summed E-state index contributed by atoms with van der Waals surface area (Å²) in [6.45, 7) is 4.61. The van der Waals surface area contributed by atoms with Gasteiger partial charge in [0, 0.05) is 36.5 Å². The molecule has 0 bridgehead atoms. The number of nitrogens with zero attached hydrogens (tertiary/aromatic N) is 4. The molecule has 3 heterocycles. The van der Waals surface area contributed by atoms with Crippen molar-refractivity contribution in [3.05, 3.63) is 30.0 Å². The highest BCUT2D eigenvalue weighted by atomic mass is 32.2. The maximum Gasteiger partial charge on any atom is 0.245 e. The number of carbonyl (C=O) groups is 1. The molecule has 2 aliphatic heterocycles. The Bertz CT molecular complexity index is 760. The van der Waals surface area contributed by atoms with Crippen LogP contribution >= 0.6 is 11.8 Å². The minimum absolute atomic E-state index is 0.103. The third-order valence-electron chi connectivity index (χ3n) is 4.90. The van der Waals surface area contributed by atoms with E-state index in [2.05, 4.69) is 4.90 Å². The first-order chi connectivity index (χ1) is 11.7. The zero-order valence-electron chi connectivity index (χ0n) is 13.9. The topological polar surface area (TPSA) is 49.3 Å². The van der Waals surface area contributed by atoms with Gasteiger partial charge in [0.25, 0.3) is 0 Å². The number of aromatic nitrogens is 2. The molecule has 0 saturated carbocycles. The Balaban J connectivity index is 1.63. The summed E-state index contributed by atoms with van der Waals surface area (Å²) in [5.41, 5.74) is 1.93. The highest BCUT2D eigenvalue weighted by Crippen LogP contribution is 2.27. The number of benzene rings is 1. The molecule has 0 radical (unpaired) electrons. The van der Waals surface area contributed by atoms with Gasteiger partial charge in [0.2, 0.25) is 11.9 Å². The average molecular weight is 342 g/mol. The largest absolute Gasteiger partial charge is 0.339 e. The molecular formula is C18H22N4OS. The summed E-state index contributed by atoms with van der Waals surface area (Å²) in [5, 5.41) is 1.08. The molecule has 4 rings (SSSR count). The minimum Gasteiger partial charge on any atom is -0.339 e. The Labute approximate surface area is 146 Å². The van der Waals surface area contributed by atoms with Gasteiger partial charge in [-0.05, 0) is 25.8 Å². The van der Waals surface area contributed by atoms with Crippen molar-refractivity contribution in [3.63, 3.8) is 0 Å². The van der Waals surface area contributed by atoms with Crippen molar-refractivity contribution in [1.29, 1.82) is 0 Å². The molecule has 2 saturated heterocycles. The van der Waals surface area contributed by atoms with Crippen LogP contribution in [0.3, 0.4) is 0 Å². The molecule has 1 amide bonds. The van der Waals surface area contributed by atoms with Crippen LogP contribution in [0.2, 0.25) is 0 Å². The molecule has 24 heavy (non-hydrogen) atoms. The highest BCUT2D eigenvalue weighted by molar-refractivity contribution is 7.99. The van der Waals surface area contributed by atoms with Crippen LogP contribution in [0.25, 0.3) is 10.9 Å². The average Bonchev–Trinajstić information content (AvgIpc) is 3.11. The van der Waals surface area contributed by atoms with Crippen molar-refractivity contribution >= 4 is 34.5 Å². The van der Waals surface area contributed by atoms with Gasteiger partial charge in [-0.3, -0.25) is 4.79 Å². The quantitative estimate of drug-likeness (QED) is 0.839. The Kier molecular flexibility index (Phi) is 4.31. The summed E-state index contributed by atoms with van der Waals surface area (Å²) in [6, 6.07) is 7.97. The lowest BCUT2D eigenvalue weighted by molar-refractivity contribution is -0.132. The smallest absolute Gasteiger partial charge is 0.245 e. The number of fused-ring (bicyclic) bond motifs is 1. The second-order valence-corrected chi connectivity index (χ2v) is 7.64. The van der Waals surface area contributed by atoms with Gasteiger partial charge in [0.15, 0.2) is 0 Å². The van der Waals surface area contributed by atoms with Gasteiger partial charge in [0.1, 0.15) is 6.04 Å². The van der Waals surface area contributed by atoms with Crippen LogP contribution in [-0.2, 0) is 4.79 Å². The van der Waals surface area contributed by atoms with E-state index in [1.807, 2.05) is 47.9 Å². The number of hydrogen-bond donors (Lipinski definition) is 0. The van der Waals surface area contributed by atoms with Gasteiger partial charge < -0.3 is 9.80 Å². The van der Waals surface area contributed by atoms with Crippen molar-refractivity contribution in [2.75, 3.05) is 36.0 Å². The lowest BCUT2D eigenvalue weighted by Crippen LogP contribution is -2.49. The molecule has 5 nitrogen and oxygen atoms in total. The number of anilines is 1. The second-order valence-electron chi connectivity index (χ2n) is 6.42. The first-order valence-corrected chi connectivity index (χ1v) is 9.76. The molecule has 1 unspecified atom stereocenters. The summed E-state index contributed by atoms with van der Waals surface area (Å²) in [7, 11) is 0.